The molecule has 2 fully saturated rings. The summed E-state index contributed by atoms with van der Waals surface area (Å²) < 4.78 is 0. The fourth-order valence-electron chi connectivity index (χ4n) is 5.76. The lowest BCUT2D eigenvalue weighted by Crippen LogP contribution is -2.58. The fraction of sp³-hybridized carbons (Fsp3) is 0.850. The van der Waals surface area contributed by atoms with Gasteiger partial charge in [0.25, 0.3) is 0 Å². The highest BCUT2D eigenvalue weighted by Crippen LogP contribution is 2.62. The molecule has 0 amide bonds. The van der Waals surface area contributed by atoms with Gasteiger partial charge in [-0.3, -0.25) is 0 Å². The number of aliphatic hydroxyl groups is 2. The molecular formula is C20H34O3. The quantitative estimate of drug-likeness (QED) is 0.596. The minimum atomic E-state index is -0.661. The van der Waals surface area contributed by atoms with Gasteiger partial charge in [0.15, 0.2) is 0 Å². The number of allylic oxidation sites excluding steroid dienone is 1. The van der Waals surface area contributed by atoms with E-state index in [2.05, 4.69) is 13.8 Å². The SMILES string of the molecule is C/C(=C\CO)CC[C@@H]1[C@]2(C)CCC[C@](C)(C=O)[C@H]2CC[C@@]1(C)O. The van der Waals surface area contributed by atoms with Crippen molar-refractivity contribution in [2.75, 3.05) is 6.61 Å². The molecule has 2 saturated carbocycles. The van der Waals surface area contributed by atoms with Crippen molar-refractivity contribution in [3.63, 3.8) is 0 Å². The van der Waals surface area contributed by atoms with E-state index in [0.717, 1.165) is 44.9 Å². The summed E-state index contributed by atoms with van der Waals surface area (Å²) in [6.07, 6.45) is 9.75. The summed E-state index contributed by atoms with van der Waals surface area (Å²) in [7, 11) is 0. The first-order valence-corrected chi connectivity index (χ1v) is 9.15. The number of fused-ring (bicyclic) bond motifs is 1. The van der Waals surface area contributed by atoms with Crippen LogP contribution >= 0.6 is 0 Å². The topological polar surface area (TPSA) is 57.5 Å². The van der Waals surface area contributed by atoms with Gasteiger partial charge in [-0.05, 0) is 69.6 Å². The summed E-state index contributed by atoms with van der Waals surface area (Å²) in [6, 6.07) is 0. The third-order valence-corrected chi connectivity index (χ3v) is 7.05. The number of hydrogen-bond acceptors (Lipinski definition) is 3. The van der Waals surface area contributed by atoms with Crippen LogP contribution in [0.3, 0.4) is 0 Å². The average Bonchev–Trinajstić information content (AvgIpc) is 2.46. The second-order valence-electron chi connectivity index (χ2n) is 8.76. The van der Waals surface area contributed by atoms with Crippen molar-refractivity contribution < 1.29 is 15.0 Å². The minimum absolute atomic E-state index is 0.0230. The van der Waals surface area contributed by atoms with Crippen LogP contribution in [-0.2, 0) is 4.79 Å². The first-order chi connectivity index (χ1) is 10.7. The first kappa shape index (κ1) is 18.7. The largest absolute Gasteiger partial charge is 0.392 e. The Bertz CT molecular complexity index is 468. The Morgan fingerprint density at radius 1 is 1.22 bits per heavy atom. The molecule has 0 radical (unpaired) electrons. The van der Waals surface area contributed by atoms with Crippen LogP contribution in [0.15, 0.2) is 11.6 Å². The molecule has 3 heteroatoms. The van der Waals surface area contributed by atoms with Crippen molar-refractivity contribution in [2.24, 2.45) is 22.7 Å². The highest BCUT2D eigenvalue weighted by atomic mass is 16.3. The van der Waals surface area contributed by atoms with Gasteiger partial charge in [0.1, 0.15) is 6.29 Å². The van der Waals surface area contributed by atoms with E-state index in [1.165, 1.54) is 11.9 Å². The van der Waals surface area contributed by atoms with Crippen molar-refractivity contribution in [3.05, 3.63) is 11.6 Å². The van der Waals surface area contributed by atoms with Crippen molar-refractivity contribution in [1.82, 2.24) is 0 Å². The maximum atomic E-state index is 11.8. The second-order valence-corrected chi connectivity index (χ2v) is 8.76. The Labute approximate surface area is 141 Å². The molecular weight excluding hydrogens is 288 g/mol. The predicted octanol–water partition coefficient (Wildman–Crippen LogP) is 3.88. The van der Waals surface area contributed by atoms with Crippen LogP contribution in [0.25, 0.3) is 0 Å². The van der Waals surface area contributed by atoms with Gasteiger partial charge in [-0.15, -0.1) is 0 Å². The Balaban J connectivity index is 2.28. The highest BCUT2D eigenvalue weighted by molar-refractivity contribution is 5.60. The molecule has 0 aromatic rings. The highest BCUT2D eigenvalue weighted by Gasteiger charge is 2.58. The molecule has 0 aromatic heterocycles. The lowest BCUT2D eigenvalue weighted by atomic mass is 9.45. The van der Waals surface area contributed by atoms with E-state index >= 15 is 0 Å². The third kappa shape index (κ3) is 3.41. The first-order valence-electron chi connectivity index (χ1n) is 9.15. The van der Waals surface area contributed by atoms with Crippen LogP contribution in [0.5, 0.6) is 0 Å². The molecule has 132 valence electrons. The van der Waals surface area contributed by atoms with E-state index in [1.54, 1.807) is 0 Å². The van der Waals surface area contributed by atoms with Gasteiger partial charge < -0.3 is 15.0 Å². The number of rotatable bonds is 5. The summed E-state index contributed by atoms with van der Waals surface area (Å²) in [5.74, 6) is 0.573. The zero-order valence-corrected chi connectivity index (χ0v) is 15.3. The molecule has 0 aromatic carbocycles. The molecule has 0 spiro atoms. The van der Waals surface area contributed by atoms with Crippen molar-refractivity contribution >= 4 is 6.29 Å². The van der Waals surface area contributed by atoms with Gasteiger partial charge in [0.05, 0.1) is 12.2 Å². The lowest BCUT2D eigenvalue weighted by molar-refractivity contribution is -0.173. The number of aliphatic hydroxyl groups excluding tert-OH is 1. The monoisotopic (exact) mass is 322 g/mol. The van der Waals surface area contributed by atoms with E-state index in [9.17, 15) is 9.90 Å². The molecule has 0 aliphatic heterocycles. The van der Waals surface area contributed by atoms with Crippen LogP contribution < -0.4 is 0 Å². The number of carbonyl (C=O) groups is 1. The van der Waals surface area contributed by atoms with E-state index in [0.29, 0.717) is 5.92 Å². The van der Waals surface area contributed by atoms with Gasteiger partial charge in [-0.25, -0.2) is 0 Å². The Kier molecular flexibility index (Phi) is 5.42. The van der Waals surface area contributed by atoms with Gasteiger partial charge in [0, 0.05) is 5.41 Å². The van der Waals surface area contributed by atoms with Gasteiger partial charge in [0.2, 0.25) is 0 Å². The van der Waals surface area contributed by atoms with Crippen LogP contribution in [0.4, 0.5) is 0 Å². The van der Waals surface area contributed by atoms with E-state index in [-0.39, 0.29) is 23.4 Å². The van der Waals surface area contributed by atoms with E-state index < -0.39 is 5.60 Å². The molecule has 23 heavy (non-hydrogen) atoms. The van der Waals surface area contributed by atoms with Crippen LogP contribution in [0.2, 0.25) is 0 Å². The van der Waals surface area contributed by atoms with Crippen molar-refractivity contribution in [1.29, 1.82) is 0 Å². The van der Waals surface area contributed by atoms with Crippen LogP contribution in [-0.4, -0.2) is 28.7 Å². The summed E-state index contributed by atoms with van der Waals surface area (Å²) in [6.45, 7) is 8.54. The molecule has 0 heterocycles. The molecule has 5 atom stereocenters. The van der Waals surface area contributed by atoms with Gasteiger partial charge >= 0.3 is 0 Å². The second kappa shape index (κ2) is 6.68. The summed E-state index contributed by atoms with van der Waals surface area (Å²) >= 11 is 0. The Hall–Kier alpha value is -0.670. The summed E-state index contributed by atoms with van der Waals surface area (Å²) in [5, 5.41) is 20.1. The molecule has 2 N–H and O–H groups in total. The normalized spacial score (nSPS) is 44.7. The third-order valence-electron chi connectivity index (χ3n) is 7.05. The molecule has 0 unspecified atom stereocenters. The number of aldehydes is 1. The van der Waals surface area contributed by atoms with E-state index in [1.807, 2.05) is 19.9 Å². The molecule has 0 saturated heterocycles. The smallest absolute Gasteiger partial charge is 0.126 e. The summed E-state index contributed by atoms with van der Waals surface area (Å²) in [5.41, 5.74) is 0.307. The standard InChI is InChI=1S/C20H34O3/c1-15(9-13-21)6-7-17-19(3)11-5-10-18(2,14-22)16(19)8-12-20(17,4)23/h9,14,16-17,21,23H,5-8,10-13H2,1-4H3/b15-9+/t16-,17-,18-,19-,20-/m1/s1. The molecule has 2 rings (SSSR count). The number of carbonyl (C=O) groups excluding carboxylic acids is 1. The van der Waals surface area contributed by atoms with Crippen LogP contribution in [0, 0.1) is 22.7 Å². The number of hydrogen-bond donors (Lipinski definition) is 2. The zero-order valence-electron chi connectivity index (χ0n) is 15.3. The molecule has 0 bridgehead atoms. The Morgan fingerprint density at radius 2 is 1.91 bits per heavy atom. The maximum absolute atomic E-state index is 11.8. The van der Waals surface area contributed by atoms with E-state index in [4.69, 9.17) is 5.11 Å². The average molecular weight is 322 g/mol. The van der Waals surface area contributed by atoms with Crippen molar-refractivity contribution in [2.45, 2.75) is 78.2 Å². The molecule has 2 aliphatic carbocycles. The van der Waals surface area contributed by atoms with Crippen molar-refractivity contribution in [3.8, 4) is 0 Å². The van der Waals surface area contributed by atoms with Crippen LogP contribution in [0.1, 0.15) is 72.6 Å². The lowest BCUT2D eigenvalue weighted by Gasteiger charge is -2.60. The minimum Gasteiger partial charge on any atom is -0.392 e. The Morgan fingerprint density at radius 3 is 2.52 bits per heavy atom. The fourth-order valence-corrected chi connectivity index (χ4v) is 5.76. The maximum Gasteiger partial charge on any atom is 0.126 e. The molecule has 3 nitrogen and oxygen atoms in total. The summed E-state index contributed by atoms with van der Waals surface area (Å²) in [4.78, 5) is 11.8. The van der Waals surface area contributed by atoms with Gasteiger partial charge in [-0.2, -0.15) is 0 Å². The predicted molar refractivity (Wildman–Crippen MR) is 93.0 cm³/mol. The van der Waals surface area contributed by atoms with Gasteiger partial charge in [-0.1, -0.05) is 31.9 Å². The zero-order chi connectivity index (χ0) is 17.3. The molecule has 2 aliphatic rings.